The minimum Gasteiger partial charge on any atom is -0.425 e. The van der Waals surface area contributed by atoms with Gasteiger partial charge in [-0.15, -0.1) is 0 Å². The van der Waals surface area contributed by atoms with E-state index in [4.69, 9.17) is 9.47 Å². The van der Waals surface area contributed by atoms with Crippen LogP contribution in [0.2, 0.25) is 0 Å². The lowest BCUT2D eigenvalue weighted by molar-refractivity contribution is -0.135. The van der Waals surface area contributed by atoms with Gasteiger partial charge in [0, 0.05) is 34.4 Å². The maximum absolute atomic E-state index is 13.4. The molecule has 4 nitrogen and oxygen atoms in total. The number of unbranched alkanes of at least 4 members (excludes halogenated alkanes) is 12. The third kappa shape index (κ3) is 9.14. The van der Waals surface area contributed by atoms with E-state index in [1.54, 1.807) is 0 Å². The van der Waals surface area contributed by atoms with Gasteiger partial charge in [-0.1, -0.05) is 187 Å². The van der Waals surface area contributed by atoms with E-state index < -0.39 is 0 Å². The van der Waals surface area contributed by atoms with Gasteiger partial charge in [0.2, 0.25) is 0 Å². The van der Waals surface area contributed by atoms with Gasteiger partial charge >= 0.3 is 11.9 Å². The molecule has 6 rings (SSSR count). The molecule has 0 aliphatic heterocycles. The second-order valence-electron chi connectivity index (χ2n) is 15.3. The number of hydrogen-bond acceptors (Lipinski definition) is 4. The van der Waals surface area contributed by atoms with Crippen LogP contribution in [0.4, 0.5) is 0 Å². The van der Waals surface area contributed by atoms with Gasteiger partial charge in [0.15, 0.2) is 0 Å². The van der Waals surface area contributed by atoms with E-state index >= 15 is 0 Å². The molecule has 0 amide bonds. The van der Waals surface area contributed by atoms with Crippen LogP contribution in [-0.2, 0) is 9.59 Å². The van der Waals surface area contributed by atoms with Gasteiger partial charge in [-0.2, -0.15) is 0 Å². The summed E-state index contributed by atoms with van der Waals surface area (Å²) in [5.41, 5.74) is 4.42. The molecule has 54 heavy (non-hydrogen) atoms. The van der Waals surface area contributed by atoms with Gasteiger partial charge in [-0.3, -0.25) is 9.59 Å². The minimum atomic E-state index is -0.183. The molecular formula is C50H58O4. The highest BCUT2D eigenvalue weighted by Crippen LogP contribution is 2.50. The summed E-state index contributed by atoms with van der Waals surface area (Å²) in [6.07, 6.45) is 16.9. The number of carbonyl (C=O) groups excluding carboxylic acids is 2. The minimum absolute atomic E-state index is 0.183. The molecule has 0 fully saturated rings. The van der Waals surface area contributed by atoms with E-state index in [0.717, 1.165) is 104 Å². The van der Waals surface area contributed by atoms with Crippen molar-refractivity contribution in [3.8, 4) is 22.6 Å². The number of esters is 2. The molecule has 0 atom stereocenters. The molecule has 0 saturated heterocycles. The maximum atomic E-state index is 13.4. The first kappa shape index (κ1) is 39.0. The van der Waals surface area contributed by atoms with Crippen LogP contribution in [0.1, 0.15) is 128 Å². The highest BCUT2D eigenvalue weighted by atomic mass is 16.5. The predicted molar refractivity (Wildman–Crippen MR) is 228 cm³/mol. The third-order valence-corrected chi connectivity index (χ3v) is 10.9. The summed E-state index contributed by atoms with van der Waals surface area (Å²) < 4.78 is 12.7. The van der Waals surface area contributed by atoms with Crippen LogP contribution in [0.5, 0.6) is 11.5 Å². The van der Waals surface area contributed by atoms with Crippen molar-refractivity contribution in [2.24, 2.45) is 0 Å². The van der Waals surface area contributed by atoms with Crippen molar-refractivity contribution in [2.45, 2.75) is 130 Å². The molecule has 0 unspecified atom stereocenters. The molecule has 0 aromatic heterocycles. The first-order valence-corrected chi connectivity index (χ1v) is 20.7. The SMILES string of the molecule is CCCCCCCCCC(=O)Oc1c2ccccc2c(-c2c3ccccc3c(OC(=O)CCCCCCCCC)c3ccc(C)cc23)c2cc(C)ccc12. The Bertz CT molecular complexity index is 2070. The summed E-state index contributed by atoms with van der Waals surface area (Å²) in [5.74, 6) is 0.881. The molecule has 0 bridgehead atoms. The normalized spacial score (nSPS) is 11.6. The zero-order valence-electron chi connectivity index (χ0n) is 33.0. The summed E-state index contributed by atoms with van der Waals surface area (Å²) >= 11 is 0. The van der Waals surface area contributed by atoms with Crippen LogP contribution >= 0.6 is 0 Å². The largest absolute Gasteiger partial charge is 0.425 e. The summed E-state index contributed by atoms with van der Waals surface area (Å²) in [5, 5.41) is 7.75. The summed E-state index contributed by atoms with van der Waals surface area (Å²) in [6, 6.07) is 29.5. The van der Waals surface area contributed by atoms with Crippen molar-refractivity contribution in [2.75, 3.05) is 0 Å². The Hall–Kier alpha value is -4.70. The lowest BCUT2D eigenvalue weighted by Crippen LogP contribution is -2.09. The number of ether oxygens (including phenoxy) is 2. The molecule has 6 aromatic rings. The molecule has 0 N–H and O–H groups in total. The van der Waals surface area contributed by atoms with Crippen LogP contribution in [0.15, 0.2) is 84.9 Å². The van der Waals surface area contributed by atoms with Crippen molar-refractivity contribution in [1.29, 1.82) is 0 Å². The van der Waals surface area contributed by atoms with Gasteiger partial charge in [0.05, 0.1) is 0 Å². The number of aryl methyl sites for hydroxylation is 2. The molecule has 0 aliphatic carbocycles. The van der Waals surface area contributed by atoms with Gasteiger partial charge in [0.25, 0.3) is 0 Å². The molecule has 0 heterocycles. The van der Waals surface area contributed by atoms with E-state index in [1.165, 1.54) is 51.4 Å². The lowest BCUT2D eigenvalue weighted by atomic mass is 9.84. The first-order valence-electron chi connectivity index (χ1n) is 20.7. The van der Waals surface area contributed by atoms with Crippen LogP contribution < -0.4 is 9.47 Å². The van der Waals surface area contributed by atoms with E-state index in [2.05, 4.69) is 100 Å². The number of hydrogen-bond donors (Lipinski definition) is 0. The van der Waals surface area contributed by atoms with Gasteiger partial charge in [-0.05, 0) is 59.4 Å². The zero-order chi connectivity index (χ0) is 37.9. The van der Waals surface area contributed by atoms with E-state index in [-0.39, 0.29) is 11.9 Å². The Kier molecular flexibility index (Phi) is 13.8. The average Bonchev–Trinajstić information content (AvgIpc) is 3.17. The van der Waals surface area contributed by atoms with E-state index in [1.807, 2.05) is 12.1 Å². The van der Waals surface area contributed by atoms with Gasteiger partial charge < -0.3 is 9.47 Å². The van der Waals surface area contributed by atoms with Crippen molar-refractivity contribution in [1.82, 2.24) is 0 Å². The fraction of sp³-hybridized carbons (Fsp3) is 0.400. The highest BCUT2D eigenvalue weighted by Gasteiger charge is 2.24. The molecule has 0 spiro atoms. The van der Waals surface area contributed by atoms with Crippen LogP contribution in [0, 0.1) is 13.8 Å². The van der Waals surface area contributed by atoms with Gasteiger partial charge in [-0.25, -0.2) is 0 Å². The molecule has 0 aliphatic rings. The third-order valence-electron chi connectivity index (χ3n) is 10.9. The maximum Gasteiger partial charge on any atom is 0.311 e. The summed E-state index contributed by atoms with van der Waals surface area (Å²) in [4.78, 5) is 26.9. The zero-order valence-corrected chi connectivity index (χ0v) is 33.0. The number of rotatable bonds is 19. The van der Waals surface area contributed by atoms with Crippen molar-refractivity contribution >= 4 is 55.0 Å². The summed E-state index contributed by atoms with van der Waals surface area (Å²) in [6.45, 7) is 8.68. The van der Waals surface area contributed by atoms with Gasteiger partial charge in [0.1, 0.15) is 11.5 Å². The topological polar surface area (TPSA) is 52.6 Å². The standard InChI is InChI=1S/C50H58O4/c1-5-7-9-11-13-15-17-27-45(51)53-49-39-25-21-19-23-37(39)47(43-33-35(3)29-31-41(43)49)48-38-24-20-22-26-40(38)50(42-32-30-36(4)34-44(42)48)54-46(52)28-18-16-14-12-10-8-6-2/h19-26,29-34H,5-18,27-28H2,1-4H3. The molecule has 0 radical (unpaired) electrons. The fourth-order valence-corrected chi connectivity index (χ4v) is 8.05. The van der Waals surface area contributed by atoms with Crippen LogP contribution in [0.25, 0.3) is 54.2 Å². The Balaban J connectivity index is 1.43. The Morgan fingerprint density at radius 3 is 1.13 bits per heavy atom. The Morgan fingerprint density at radius 2 is 0.741 bits per heavy atom. The smallest absolute Gasteiger partial charge is 0.311 e. The fourth-order valence-electron chi connectivity index (χ4n) is 8.05. The predicted octanol–water partition coefficient (Wildman–Crippen LogP) is 14.7. The quantitative estimate of drug-likeness (QED) is 0.0361. The molecule has 0 saturated carbocycles. The van der Waals surface area contributed by atoms with Crippen LogP contribution in [0.3, 0.4) is 0 Å². The van der Waals surface area contributed by atoms with E-state index in [0.29, 0.717) is 24.3 Å². The first-order chi connectivity index (χ1) is 26.4. The highest BCUT2D eigenvalue weighted by molar-refractivity contribution is 6.27. The Labute approximate surface area is 322 Å². The molecule has 282 valence electrons. The molecule has 4 heteroatoms. The number of benzene rings is 6. The summed E-state index contributed by atoms with van der Waals surface area (Å²) in [7, 11) is 0. The van der Waals surface area contributed by atoms with E-state index in [9.17, 15) is 9.59 Å². The second kappa shape index (κ2) is 19.1. The lowest BCUT2D eigenvalue weighted by Gasteiger charge is -2.22. The molecule has 6 aromatic carbocycles. The molecular weight excluding hydrogens is 665 g/mol. The average molecular weight is 723 g/mol. The van der Waals surface area contributed by atoms with Crippen LogP contribution in [-0.4, -0.2) is 11.9 Å². The number of carbonyl (C=O) groups is 2. The van der Waals surface area contributed by atoms with Crippen molar-refractivity contribution in [3.63, 3.8) is 0 Å². The van der Waals surface area contributed by atoms with Crippen molar-refractivity contribution < 1.29 is 19.1 Å². The number of fused-ring (bicyclic) bond motifs is 4. The monoisotopic (exact) mass is 722 g/mol. The second-order valence-corrected chi connectivity index (χ2v) is 15.3. The Morgan fingerprint density at radius 1 is 0.407 bits per heavy atom. The van der Waals surface area contributed by atoms with Crippen molar-refractivity contribution in [3.05, 3.63) is 96.1 Å².